The van der Waals surface area contributed by atoms with Gasteiger partial charge in [-0.05, 0) is 6.92 Å². The summed E-state index contributed by atoms with van der Waals surface area (Å²) < 4.78 is 5.26. The van der Waals surface area contributed by atoms with Crippen LogP contribution in [0.25, 0.3) is 11.3 Å². The van der Waals surface area contributed by atoms with Gasteiger partial charge in [0.15, 0.2) is 5.76 Å². The number of hydrogen-bond acceptors (Lipinski definition) is 4. The second-order valence-electron chi connectivity index (χ2n) is 5.12. The smallest absolute Gasteiger partial charge is 0.259 e. The summed E-state index contributed by atoms with van der Waals surface area (Å²) in [5.74, 6) is 0.349. The highest BCUT2D eigenvalue weighted by molar-refractivity contribution is 5.99. The summed E-state index contributed by atoms with van der Waals surface area (Å²) in [6.07, 6.45) is 3.19. The first kappa shape index (κ1) is 14.1. The first-order valence-corrected chi connectivity index (χ1v) is 6.91. The molecule has 1 N–H and O–H groups in total. The summed E-state index contributed by atoms with van der Waals surface area (Å²) in [5, 5.41) is 10.6. The maximum absolute atomic E-state index is 12.6. The lowest BCUT2D eigenvalue weighted by Gasteiger charge is -2.16. The van der Waals surface area contributed by atoms with E-state index in [4.69, 9.17) is 4.52 Å². The second-order valence-corrected chi connectivity index (χ2v) is 5.12. The highest BCUT2D eigenvalue weighted by Gasteiger charge is 2.21. The summed E-state index contributed by atoms with van der Waals surface area (Å²) in [6, 6.07) is 9.47. The third-order valence-electron chi connectivity index (χ3n) is 3.53. The van der Waals surface area contributed by atoms with Crippen LogP contribution in [0, 0.1) is 6.92 Å². The van der Waals surface area contributed by atoms with E-state index in [1.165, 1.54) is 6.20 Å². The van der Waals surface area contributed by atoms with Crippen LogP contribution in [-0.2, 0) is 6.54 Å². The van der Waals surface area contributed by atoms with Crippen LogP contribution in [0.3, 0.4) is 0 Å². The van der Waals surface area contributed by atoms with Crippen LogP contribution >= 0.6 is 0 Å². The molecule has 0 aliphatic rings. The van der Waals surface area contributed by atoms with Crippen molar-refractivity contribution in [3.05, 3.63) is 59.5 Å². The molecule has 112 valence electrons. The van der Waals surface area contributed by atoms with Gasteiger partial charge < -0.3 is 9.42 Å². The van der Waals surface area contributed by atoms with E-state index in [1.807, 2.05) is 37.3 Å². The number of benzene rings is 1. The zero-order valence-corrected chi connectivity index (χ0v) is 12.4. The molecular formula is C16H16N4O2. The molecule has 0 aliphatic heterocycles. The van der Waals surface area contributed by atoms with Gasteiger partial charge in [0.05, 0.1) is 12.4 Å². The molecule has 6 heteroatoms. The second kappa shape index (κ2) is 5.85. The molecule has 1 aromatic carbocycles. The van der Waals surface area contributed by atoms with Crippen molar-refractivity contribution in [3.63, 3.8) is 0 Å². The molecule has 0 aliphatic carbocycles. The normalized spacial score (nSPS) is 10.6. The predicted octanol–water partition coefficient (Wildman–Crippen LogP) is 2.65. The van der Waals surface area contributed by atoms with Gasteiger partial charge in [0.1, 0.15) is 5.56 Å². The Balaban J connectivity index is 1.84. The van der Waals surface area contributed by atoms with Crippen molar-refractivity contribution < 1.29 is 9.32 Å². The van der Waals surface area contributed by atoms with Crippen molar-refractivity contribution in [1.29, 1.82) is 0 Å². The molecule has 0 saturated carbocycles. The number of rotatable bonds is 4. The number of nitrogens with zero attached hydrogens (tertiary/aromatic N) is 3. The zero-order chi connectivity index (χ0) is 15.5. The Morgan fingerprint density at radius 1 is 1.27 bits per heavy atom. The molecular weight excluding hydrogens is 280 g/mol. The number of amides is 1. The number of aromatic amines is 1. The predicted molar refractivity (Wildman–Crippen MR) is 81.1 cm³/mol. The molecule has 3 rings (SSSR count). The third-order valence-corrected chi connectivity index (χ3v) is 3.53. The number of H-pyrrole nitrogens is 1. The largest absolute Gasteiger partial charge is 0.355 e. The Labute approximate surface area is 127 Å². The van der Waals surface area contributed by atoms with Gasteiger partial charge in [-0.25, -0.2) is 0 Å². The first-order chi connectivity index (χ1) is 10.7. The molecule has 0 unspecified atom stereocenters. The molecule has 3 aromatic rings. The minimum Gasteiger partial charge on any atom is -0.355 e. The standard InChI is InChI=1S/C16H16N4O2/c1-11-13(8-17-19-11)10-20(2)16(21)14-9-18-22-15(14)12-6-4-3-5-7-12/h3-9H,10H2,1-2H3,(H,17,19). The number of hydrogen-bond donors (Lipinski definition) is 1. The Kier molecular flexibility index (Phi) is 3.74. The van der Waals surface area contributed by atoms with Gasteiger partial charge in [-0.3, -0.25) is 9.89 Å². The van der Waals surface area contributed by atoms with Crippen LogP contribution in [0.4, 0.5) is 0 Å². The molecule has 0 spiro atoms. The number of carbonyl (C=O) groups is 1. The summed E-state index contributed by atoms with van der Waals surface area (Å²) in [5.41, 5.74) is 3.22. The third kappa shape index (κ3) is 2.63. The van der Waals surface area contributed by atoms with E-state index in [0.29, 0.717) is 17.9 Å². The number of aryl methyl sites for hydroxylation is 1. The van der Waals surface area contributed by atoms with Crippen LogP contribution in [0.1, 0.15) is 21.6 Å². The molecule has 0 atom stereocenters. The maximum Gasteiger partial charge on any atom is 0.259 e. The average molecular weight is 296 g/mol. The number of nitrogens with one attached hydrogen (secondary N) is 1. The van der Waals surface area contributed by atoms with E-state index in [9.17, 15) is 4.79 Å². The molecule has 6 nitrogen and oxygen atoms in total. The lowest BCUT2D eigenvalue weighted by Crippen LogP contribution is -2.26. The van der Waals surface area contributed by atoms with Gasteiger partial charge in [0, 0.05) is 30.4 Å². The molecule has 0 fully saturated rings. The van der Waals surface area contributed by atoms with Crippen molar-refractivity contribution >= 4 is 5.91 Å². The molecule has 22 heavy (non-hydrogen) atoms. The topological polar surface area (TPSA) is 75.0 Å². The summed E-state index contributed by atoms with van der Waals surface area (Å²) >= 11 is 0. The Hall–Kier alpha value is -2.89. The molecule has 0 saturated heterocycles. The van der Waals surface area contributed by atoms with Gasteiger partial charge in [-0.2, -0.15) is 5.10 Å². The lowest BCUT2D eigenvalue weighted by molar-refractivity contribution is 0.0785. The quantitative estimate of drug-likeness (QED) is 0.803. The van der Waals surface area contributed by atoms with E-state index < -0.39 is 0 Å². The summed E-state index contributed by atoms with van der Waals surface area (Å²) in [6.45, 7) is 2.40. The van der Waals surface area contributed by atoms with Crippen molar-refractivity contribution in [1.82, 2.24) is 20.3 Å². The Bertz CT molecular complexity index is 776. The van der Waals surface area contributed by atoms with Crippen molar-refractivity contribution in [2.24, 2.45) is 0 Å². The maximum atomic E-state index is 12.6. The van der Waals surface area contributed by atoms with Gasteiger partial charge in [0.25, 0.3) is 5.91 Å². The molecule has 1 amide bonds. The minimum atomic E-state index is -0.138. The van der Waals surface area contributed by atoms with E-state index in [1.54, 1.807) is 18.1 Å². The fourth-order valence-electron chi connectivity index (χ4n) is 2.26. The fraction of sp³-hybridized carbons (Fsp3) is 0.188. The van der Waals surface area contributed by atoms with Crippen LogP contribution in [0.2, 0.25) is 0 Å². The molecule has 0 bridgehead atoms. The number of aromatic nitrogens is 3. The van der Waals surface area contributed by atoms with Gasteiger partial charge in [-0.15, -0.1) is 0 Å². The minimum absolute atomic E-state index is 0.138. The highest BCUT2D eigenvalue weighted by atomic mass is 16.5. The van der Waals surface area contributed by atoms with Crippen LogP contribution in [-0.4, -0.2) is 33.2 Å². The summed E-state index contributed by atoms with van der Waals surface area (Å²) in [4.78, 5) is 14.3. The van der Waals surface area contributed by atoms with E-state index >= 15 is 0 Å². The zero-order valence-electron chi connectivity index (χ0n) is 12.4. The summed E-state index contributed by atoms with van der Waals surface area (Å²) in [7, 11) is 1.75. The van der Waals surface area contributed by atoms with Gasteiger partial charge >= 0.3 is 0 Å². The SMILES string of the molecule is Cc1[nH]ncc1CN(C)C(=O)c1cnoc1-c1ccccc1. The van der Waals surface area contributed by atoms with Crippen molar-refractivity contribution in [3.8, 4) is 11.3 Å². The highest BCUT2D eigenvalue weighted by Crippen LogP contribution is 2.24. The van der Waals surface area contributed by atoms with E-state index in [0.717, 1.165) is 16.8 Å². The van der Waals surface area contributed by atoms with Gasteiger partial charge in [0.2, 0.25) is 0 Å². The average Bonchev–Trinajstić information content (AvgIpc) is 3.17. The molecule has 2 aromatic heterocycles. The van der Waals surface area contributed by atoms with Crippen molar-refractivity contribution in [2.75, 3.05) is 7.05 Å². The molecule has 0 radical (unpaired) electrons. The molecule has 2 heterocycles. The van der Waals surface area contributed by atoms with Crippen LogP contribution < -0.4 is 0 Å². The Morgan fingerprint density at radius 3 is 2.73 bits per heavy atom. The van der Waals surface area contributed by atoms with Crippen LogP contribution in [0.15, 0.2) is 47.2 Å². The van der Waals surface area contributed by atoms with Crippen molar-refractivity contribution in [2.45, 2.75) is 13.5 Å². The monoisotopic (exact) mass is 296 g/mol. The van der Waals surface area contributed by atoms with E-state index in [2.05, 4.69) is 15.4 Å². The fourth-order valence-corrected chi connectivity index (χ4v) is 2.26. The van der Waals surface area contributed by atoms with Gasteiger partial charge in [-0.1, -0.05) is 35.5 Å². The lowest BCUT2D eigenvalue weighted by atomic mass is 10.1. The number of carbonyl (C=O) groups excluding carboxylic acids is 1. The van der Waals surface area contributed by atoms with E-state index in [-0.39, 0.29) is 5.91 Å². The first-order valence-electron chi connectivity index (χ1n) is 6.91. The Morgan fingerprint density at radius 2 is 2.05 bits per heavy atom. The van der Waals surface area contributed by atoms with Crippen LogP contribution in [0.5, 0.6) is 0 Å².